The van der Waals surface area contributed by atoms with Crippen molar-refractivity contribution in [1.29, 1.82) is 0 Å². The highest BCUT2D eigenvalue weighted by atomic mass is 16.5. The molecule has 1 aromatic rings. The Hall–Kier alpha value is -1.45. The van der Waals surface area contributed by atoms with Gasteiger partial charge in [-0.3, -0.25) is 4.79 Å². The van der Waals surface area contributed by atoms with Gasteiger partial charge in [-0.15, -0.1) is 0 Å². The monoisotopic (exact) mass is 220 g/mol. The van der Waals surface area contributed by atoms with Gasteiger partial charge in [0, 0.05) is 5.56 Å². The second-order valence-electron chi connectivity index (χ2n) is 3.38. The van der Waals surface area contributed by atoms with Crippen LogP contribution in [-0.2, 0) is 4.74 Å². The van der Waals surface area contributed by atoms with Crippen LogP contribution in [0.15, 0.2) is 30.3 Å². The van der Waals surface area contributed by atoms with Crippen molar-refractivity contribution < 1.29 is 14.6 Å². The molecule has 0 aliphatic heterocycles. The maximum absolute atomic E-state index is 11.0. The number of ketones is 1. The molecule has 3 nitrogen and oxygen atoms in total. The zero-order valence-electron chi connectivity index (χ0n) is 9.35. The van der Waals surface area contributed by atoms with Crippen LogP contribution in [0.5, 0.6) is 0 Å². The Labute approximate surface area is 95.4 Å². The zero-order chi connectivity index (χ0) is 11.8. The van der Waals surface area contributed by atoms with Gasteiger partial charge in [0.1, 0.15) is 0 Å². The minimum absolute atomic E-state index is 0.0428. The molecule has 0 amide bonds. The topological polar surface area (TPSA) is 46.5 Å². The predicted molar refractivity (Wildman–Crippen MR) is 63.4 cm³/mol. The summed E-state index contributed by atoms with van der Waals surface area (Å²) in [6.45, 7) is 2.43. The molecule has 0 bridgehead atoms. The smallest absolute Gasteiger partial charge is 0.159 e. The fourth-order valence-electron chi connectivity index (χ4n) is 1.23. The molecule has 16 heavy (non-hydrogen) atoms. The lowest BCUT2D eigenvalue weighted by molar-refractivity contribution is 0.101. The number of ether oxygens (including phenoxy) is 1. The van der Waals surface area contributed by atoms with E-state index in [1.807, 2.05) is 24.3 Å². The highest BCUT2D eigenvalue weighted by Crippen LogP contribution is 2.06. The van der Waals surface area contributed by atoms with Crippen LogP contribution in [-0.4, -0.2) is 30.7 Å². The minimum Gasteiger partial charge on any atom is -0.394 e. The van der Waals surface area contributed by atoms with Crippen LogP contribution >= 0.6 is 0 Å². The molecule has 0 saturated heterocycles. The number of hydrogen-bond acceptors (Lipinski definition) is 3. The van der Waals surface area contributed by atoms with Crippen LogP contribution in [0.4, 0.5) is 0 Å². The molecule has 0 saturated carbocycles. The van der Waals surface area contributed by atoms with Crippen molar-refractivity contribution in [2.24, 2.45) is 0 Å². The number of aliphatic hydroxyl groups is 1. The van der Waals surface area contributed by atoms with Crippen molar-refractivity contribution in [2.75, 3.05) is 19.8 Å². The van der Waals surface area contributed by atoms with E-state index in [2.05, 4.69) is 0 Å². The van der Waals surface area contributed by atoms with E-state index >= 15 is 0 Å². The number of rotatable bonds is 6. The molecule has 86 valence electrons. The molecule has 0 unspecified atom stereocenters. The van der Waals surface area contributed by atoms with E-state index in [1.54, 1.807) is 19.1 Å². The normalized spacial score (nSPS) is 10.9. The summed E-state index contributed by atoms with van der Waals surface area (Å²) >= 11 is 0. The van der Waals surface area contributed by atoms with E-state index in [4.69, 9.17) is 9.84 Å². The van der Waals surface area contributed by atoms with E-state index in [1.165, 1.54) is 0 Å². The number of aliphatic hydroxyl groups excluding tert-OH is 1. The summed E-state index contributed by atoms with van der Waals surface area (Å²) in [5, 5.41) is 8.48. The van der Waals surface area contributed by atoms with Gasteiger partial charge in [-0.05, 0) is 12.5 Å². The minimum atomic E-state index is 0.0428. The summed E-state index contributed by atoms with van der Waals surface area (Å²) in [6, 6.07) is 7.38. The highest BCUT2D eigenvalue weighted by molar-refractivity contribution is 5.94. The van der Waals surface area contributed by atoms with Gasteiger partial charge in [0.05, 0.1) is 19.8 Å². The first-order chi connectivity index (χ1) is 7.74. The summed E-state index contributed by atoms with van der Waals surface area (Å²) in [7, 11) is 0. The lowest BCUT2D eigenvalue weighted by atomic mass is 10.1. The fourth-order valence-corrected chi connectivity index (χ4v) is 1.23. The number of hydrogen-bond donors (Lipinski definition) is 1. The van der Waals surface area contributed by atoms with Gasteiger partial charge in [-0.25, -0.2) is 0 Å². The lowest BCUT2D eigenvalue weighted by Crippen LogP contribution is -1.98. The molecule has 0 fully saturated rings. The fraction of sp³-hybridized carbons (Fsp3) is 0.308. The Bertz CT molecular complexity index is 352. The quantitative estimate of drug-likeness (QED) is 0.588. The van der Waals surface area contributed by atoms with Crippen molar-refractivity contribution >= 4 is 11.9 Å². The van der Waals surface area contributed by atoms with Crippen LogP contribution in [0.2, 0.25) is 0 Å². The number of benzene rings is 1. The third-order valence-corrected chi connectivity index (χ3v) is 2.08. The first-order valence-electron chi connectivity index (χ1n) is 5.20. The van der Waals surface area contributed by atoms with Gasteiger partial charge in [0.25, 0.3) is 0 Å². The van der Waals surface area contributed by atoms with Gasteiger partial charge in [-0.1, -0.05) is 36.4 Å². The summed E-state index contributed by atoms with van der Waals surface area (Å²) in [4.78, 5) is 11.0. The summed E-state index contributed by atoms with van der Waals surface area (Å²) < 4.78 is 5.08. The first-order valence-corrected chi connectivity index (χ1v) is 5.20. The highest BCUT2D eigenvalue weighted by Gasteiger charge is 1.96. The second-order valence-corrected chi connectivity index (χ2v) is 3.38. The molecule has 0 aromatic heterocycles. The van der Waals surface area contributed by atoms with Gasteiger partial charge < -0.3 is 9.84 Å². The SMILES string of the molecule is CC(=O)c1ccc(/C=C/COCCO)cc1. The van der Waals surface area contributed by atoms with E-state index < -0.39 is 0 Å². The Morgan fingerprint density at radius 3 is 2.62 bits per heavy atom. The number of carbonyl (C=O) groups excluding carboxylic acids is 1. The molecule has 3 heteroatoms. The average Bonchev–Trinajstić information content (AvgIpc) is 2.29. The van der Waals surface area contributed by atoms with E-state index in [0.717, 1.165) is 5.56 Å². The third kappa shape index (κ3) is 4.38. The molecule has 0 aliphatic carbocycles. The second kappa shape index (κ2) is 6.93. The molecule has 1 aromatic carbocycles. The summed E-state index contributed by atoms with van der Waals surface area (Å²) in [5.41, 5.74) is 1.74. The average molecular weight is 220 g/mol. The van der Waals surface area contributed by atoms with Crippen molar-refractivity contribution in [3.63, 3.8) is 0 Å². The van der Waals surface area contributed by atoms with Gasteiger partial charge in [0.15, 0.2) is 5.78 Å². The Balaban J connectivity index is 2.45. The van der Waals surface area contributed by atoms with Crippen LogP contribution in [0.3, 0.4) is 0 Å². The summed E-state index contributed by atoms with van der Waals surface area (Å²) in [6.07, 6.45) is 3.79. The first kappa shape index (κ1) is 12.6. The molecule has 1 N–H and O–H groups in total. The standard InChI is InChI=1S/C13H16O3/c1-11(15)13-6-4-12(5-7-13)3-2-9-16-10-8-14/h2-7,14H,8-10H2,1H3/b3-2+. The molecule has 0 aliphatic rings. The van der Waals surface area contributed by atoms with Crippen LogP contribution in [0.25, 0.3) is 6.08 Å². The van der Waals surface area contributed by atoms with E-state index in [9.17, 15) is 4.79 Å². The van der Waals surface area contributed by atoms with Crippen molar-refractivity contribution in [3.8, 4) is 0 Å². The molecule has 1 rings (SSSR count). The zero-order valence-corrected chi connectivity index (χ0v) is 9.35. The Morgan fingerprint density at radius 1 is 1.38 bits per heavy atom. The molecular weight excluding hydrogens is 204 g/mol. The van der Waals surface area contributed by atoms with Crippen molar-refractivity contribution in [2.45, 2.75) is 6.92 Å². The lowest BCUT2D eigenvalue weighted by Gasteiger charge is -1.98. The number of Topliss-reactive ketones (excluding diaryl/α,β-unsaturated/α-hetero) is 1. The maximum Gasteiger partial charge on any atom is 0.159 e. The predicted octanol–water partition coefficient (Wildman–Crippen LogP) is 1.91. The van der Waals surface area contributed by atoms with Gasteiger partial charge in [-0.2, -0.15) is 0 Å². The Morgan fingerprint density at radius 2 is 2.06 bits per heavy atom. The van der Waals surface area contributed by atoms with Crippen molar-refractivity contribution in [1.82, 2.24) is 0 Å². The van der Waals surface area contributed by atoms with E-state index in [0.29, 0.717) is 18.8 Å². The number of carbonyl (C=O) groups is 1. The van der Waals surface area contributed by atoms with Gasteiger partial charge in [0.2, 0.25) is 0 Å². The molecule has 0 heterocycles. The maximum atomic E-state index is 11.0. The molecule has 0 spiro atoms. The Kier molecular flexibility index (Phi) is 5.46. The third-order valence-electron chi connectivity index (χ3n) is 2.08. The van der Waals surface area contributed by atoms with Crippen LogP contribution in [0, 0.1) is 0 Å². The molecule has 0 atom stereocenters. The largest absolute Gasteiger partial charge is 0.394 e. The molecular formula is C13H16O3. The van der Waals surface area contributed by atoms with Crippen molar-refractivity contribution in [3.05, 3.63) is 41.5 Å². The van der Waals surface area contributed by atoms with Crippen LogP contribution < -0.4 is 0 Å². The van der Waals surface area contributed by atoms with Crippen LogP contribution in [0.1, 0.15) is 22.8 Å². The summed E-state index contributed by atoms with van der Waals surface area (Å²) in [5.74, 6) is 0.0711. The van der Waals surface area contributed by atoms with Gasteiger partial charge >= 0.3 is 0 Å². The van der Waals surface area contributed by atoms with E-state index in [-0.39, 0.29) is 12.4 Å². The molecule has 0 radical (unpaired) electrons.